The number of halogens is 4. The zero-order valence-corrected chi connectivity index (χ0v) is 8.80. The molecule has 88 valence electrons. The average molecular weight is 254 g/mol. The summed E-state index contributed by atoms with van der Waals surface area (Å²) in [6.07, 6.45) is 0.136. The third-order valence-electron chi connectivity index (χ3n) is 1.85. The number of carboxylic acids is 1. The molecular weight excluding hydrogens is 248 g/mol. The van der Waals surface area contributed by atoms with E-state index < -0.39 is 46.1 Å². The van der Waals surface area contributed by atoms with E-state index in [1.54, 1.807) is 0 Å². The molecule has 0 saturated heterocycles. The summed E-state index contributed by atoms with van der Waals surface area (Å²) in [4.78, 5) is 9.47. The quantitative estimate of drug-likeness (QED) is 0.511. The molecule has 0 bridgehead atoms. The molecule has 0 aromatic heterocycles. The van der Waals surface area contributed by atoms with Gasteiger partial charge in [0.1, 0.15) is 0 Å². The summed E-state index contributed by atoms with van der Waals surface area (Å²) >= 11 is 0.501. The first-order valence-corrected chi connectivity index (χ1v) is 5.23. The highest BCUT2D eigenvalue weighted by Crippen LogP contribution is 2.30. The van der Waals surface area contributed by atoms with Crippen molar-refractivity contribution in [2.45, 2.75) is 11.3 Å². The second-order valence-corrected chi connectivity index (χ2v) is 3.65. The molecule has 0 aliphatic carbocycles. The number of thioether (sulfide) groups is 1. The van der Waals surface area contributed by atoms with Gasteiger partial charge in [0.05, 0.1) is 11.3 Å². The largest absolute Gasteiger partial charge is 0.481 e. The highest BCUT2D eigenvalue weighted by Gasteiger charge is 2.25. The Balaban J connectivity index is 3.47. The fourth-order valence-electron chi connectivity index (χ4n) is 1.14. The van der Waals surface area contributed by atoms with E-state index in [0.717, 1.165) is 0 Å². The van der Waals surface area contributed by atoms with Crippen molar-refractivity contribution in [3.63, 3.8) is 0 Å². The van der Waals surface area contributed by atoms with Gasteiger partial charge in [-0.3, -0.25) is 4.79 Å². The Labute approximate surface area is 92.3 Å². The number of benzene rings is 1. The molecule has 0 aliphatic rings. The van der Waals surface area contributed by atoms with Gasteiger partial charge in [-0.25, -0.2) is 17.6 Å². The molecule has 0 fully saturated rings. The Morgan fingerprint density at radius 3 is 1.88 bits per heavy atom. The third kappa shape index (κ3) is 2.13. The summed E-state index contributed by atoms with van der Waals surface area (Å²) in [5.41, 5.74) is -1.11. The molecule has 0 atom stereocenters. The zero-order valence-electron chi connectivity index (χ0n) is 7.98. The topological polar surface area (TPSA) is 37.3 Å². The lowest BCUT2D eigenvalue weighted by Gasteiger charge is -2.08. The van der Waals surface area contributed by atoms with Crippen molar-refractivity contribution in [3.8, 4) is 0 Å². The van der Waals surface area contributed by atoms with Crippen molar-refractivity contribution >= 4 is 17.7 Å². The van der Waals surface area contributed by atoms with Crippen molar-refractivity contribution in [2.24, 2.45) is 0 Å². The van der Waals surface area contributed by atoms with Crippen molar-refractivity contribution in [2.75, 3.05) is 6.26 Å². The van der Waals surface area contributed by atoms with Crippen LogP contribution in [0.5, 0.6) is 0 Å². The fourth-order valence-corrected chi connectivity index (χ4v) is 1.68. The molecule has 0 aliphatic heterocycles. The first-order valence-electron chi connectivity index (χ1n) is 4.00. The summed E-state index contributed by atoms with van der Waals surface area (Å²) in [7, 11) is 0. The summed E-state index contributed by atoms with van der Waals surface area (Å²) in [6.45, 7) is 0. The van der Waals surface area contributed by atoms with Crippen LogP contribution in [0, 0.1) is 23.3 Å². The summed E-state index contributed by atoms with van der Waals surface area (Å²) in [6, 6.07) is 0. The molecule has 2 nitrogen and oxygen atoms in total. The Morgan fingerprint density at radius 1 is 1.12 bits per heavy atom. The predicted octanol–water partition coefficient (Wildman–Crippen LogP) is 2.59. The maximum Gasteiger partial charge on any atom is 0.308 e. The lowest BCUT2D eigenvalue weighted by molar-refractivity contribution is -0.136. The van der Waals surface area contributed by atoms with Crippen LogP contribution in [0.3, 0.4) is 0 Å². The van der Waals surface area contributed by atoms with Crippen LogP contribution in [0.2, 0.25) is 0 Å². The van der Waals surface area contributed by atoms with Gasteiger partial charge in [0.15, 0.2) is 23.3 Å². The fraction of sp³-hybridized carbons (Fsp3) is 0.222. The molecule has 0 heterocycles. The van der Waals surface area contributed by atoms with Gasteiger partial charge in [0, 0.05) is 5.56 Å². The molecule has 1 aromatic carbocycles. The van der Waals surface area contributed by atoms with Gasteiger partial charge in [-0.15, -0.1) is 11.8 Å². The Kier molecular flexibility index (Phi) is 3.79. The van der Waals surface area contributed by atoms with Gasteiger partial charge in [-0.05, 0) is 6.26 Å². The average Bonchev–Trinajstić information content (AvgIpc) is 2.22. The van der Waals surface area contributed by atoms with E-state index in [4.69, 9.17) is 5.11 Å². The van der Waals surface area contributed by atoms with Crippen molar-refractivity contribution in [3.05, 3.63) is 28.8 Å². The van der Waals surface area contributed by atoms with Crippen molar-refractivity contribution in [1.82, 2.24) is 0 Å². The molecule has 0 radical (unpaired) electrons. The van der Waals surface area contributed by atoms with E-state index in [0.29, 0.717) is 11.8 Å². The SMILES string of the molecule is CSc1c(F)c(F)c(CC(=O)O)c(F)c1F. The standard InChI is InChI=1S/C9H6F4O2S/c1-16-9-7(12)5(10)3(2-4(14)15)6(11)8(9)13/h2H2,1H3,(H,14,15). The molecule has 1 N–H and O–H groups in total. The first kappa shape index (κ1) is 12.8. The third-order valence-corrected chi connectivity index (χ3v) is 2.61. The van der Waals surface area contributed by atoms with E-state index in [2.05, 4.69) is 0 Å². The Bertz CT molecular complexity index is 419. The summed E-state index contributed by atoms with van der Waals surface area (Å²) < 4.78 is 52.7. The van der Waals surface area contributed by atoms with Crippen LogP contribution in [0.1, 0.15) is 5.56 Å². The highest BCUT2D eigenvalue weighted by molar-refractivity contribution is 7.98. The van der Waals surface area contributed by atoms with Crippen molar-refractivity contribution < 1.29 is 27.5 Å². The van der Waals surface area contributed by atoms with Crippen molar-refractivity contribution in [1.29, 1.82) is 0 Å². The summed E-state index contributed by atoms with van der Waals surface area (Å²) in [5, 5.41) is 8.34. The Morgan fingerprint density at radius 2 is 1.56 bits per heavy atom. The second-order valence-electron chi connectivity index (χ2n) is 2.84. The number of carboxylic acid groups (broad SMARTS) is 1. The van der Waals surface area contributed by atoms with Crippen LogP contribution in [0.25, 0.3) is 0 Å². The van der Waals surface area contributed by atoms with Gasteiger partial charge >= 0.3 is 5.97 Å². The maximum atomic E-state index is 13.2. The normalized spacial score (nSPS) is 10.6. The molecule has 16 heavy (non-hydrogen) atoms. The van der Waals surface area contributed by atoms with Crippen LogP contribution in [-0.4, -0.2) is 17.3 Å². The minimum absolute atomic E-state index is 0.501. The van der Waals surface area contributed by atoms with Crippen LogP contribution < -0.4 is 0 Å². The smallest absolute Gasteiger partial charge is 0.308 e. The first-order chi connectivity index (χ1) is 7.40. The molecule has 0 spiro atoms. The monoisotopic (exact) mass is 254 g/mol. The second kappa shape index (κ2) is 4.73. The van der Waals surface area contributed by atoms with E-state index in [1.807, 2.05) is 0 Å². The van der Waals surface area contributed by atoms with Crippen LogP contribution >= 0.6 is 11.8 Å². The highest BCUT2D eigenvalue weighted by atomic mass is 32.2. The Hall–Kier alpha value is -1.24. The van der Waals surface area contributed by atoms with Gasteiger partial charge in [0.25, 0.3) is 0 Å². The number of hydrogen-bond donors (Lipinski definition) is 1. The van der Waals surface area contributed by atoms with Crippen LogP contribution in [-0.2, 0) is 11.2 Å². The van der Waals surface area contributed by atoms with Gasteiger partial charge in [-0.1, -0.05) is 0 Å². The van der Waals surface area contributed by atoms with E-state index in [9.17, 15) is 22.4 Å². The number of carbonyl (C=O) groups is 1. The molecule has 0 amide bonds. The molecule has 0 unspecified atom stereocenters. The summed E-state index contributed by atoms with van der Waals surface area (Å²) in [5.74, 6) is -8.03. The number of aliphatic carboxylic acids is 1. The van der Waals surface area contributed by atoms with E-state index in [-0.39, 0.29) is 0 Å². The number of hydrogen-bond acceptors (Lipinski definition) is 2. The van der Waals surface area contributed by atoms with E-state index in [1.165, 1.54) is 6.26 Å². The zero-order chi connectivity index (χ0) is 12.5. The van der Waals surface area contributed by atoms with Crippen LogP contribution in [0.4, 0.5) is 17.6 Å². The van der Waals surface area contributed by atoms with Gasteiger partial charge in [0.2, 0.25) is 0 Å². The van der Waals surface area contributed by atoms with Gasteiger partial charge < -0.3 is 5.11 Å². The molecule has 0 saturated carbocycles. The van der Waals surface area contributed by atoms with Crippen LogP contribution in [0.15, 0.2) is 4.90 Å². The maximum absolute atomic E-state index is 13.2. The lowest BCUT2D eigenvalue weighted by atomic mass is 10.1. The molecule has 7 heteroatoms. The van der Waals surface area contributed by atoms with Gasteiger partial charge in [-0.2, -0.15) is 0 Å². The minimum atomic E-state index is -1.66. The minimum Gasteiger partial charge on any atom is -0.481 e. The molecular formula is C9H6F4O2S. The molecule has 1 aromatic rings. The predicted molar refractivity (Wildman–Crippen MR) is 49.4 cm³/mol. The lowest BCUT2D eigenvalue weighted by Crippen LogP contribution is -2.10. The number of rotatable bonds is 3. The molecule has 1 rings (SSSR count). The van der Waals surface area contributed by atoms with E-state index >= 15 is 0 Å².